The molecular weight excluding hydrogens is 430 g/mol. The van der Waals surface area contributed by atoms with Crippen molar-refractivity contribution < 1.29 is 38.1 Å². The van der Waals surface area contributed by atoms with Gasteiger partial charge in [-0.3, -0.25) is 0 Å². The van der Waals surface area contributed by atoms with E-state index in [1.54, 1.807) is 41.5 Å². The summed E-state index contributed by atoms with van der Waals surface area (Å²) in [6, 6.07) is 9.32. The van der Waals surface area contributed by atoms with Gasteiger partial charge in [0.05, 0.1) is 13.1 Å². The van der Waals surface area contributed by atoms with Crippen LogP contribution in [-0.2, 0) is 39.9 Å². The fraction of sp³-hybridized carbons (Fsp3) is 0.625. The van der Waals surface area contributed by atoms with E-state index in [0.29, 0.717) is 0 Å². The zero-order valence-electron chi connectivity index (χ0n) is 20.3. The van der Waals surface area contributed by atoms with Gasteiger partial charge in [0, 0.05) is 0 Å². The molecule has 9 nitrogen and oxygen atoms in total. The highest BCUT2D eigenvalue weighted by atomic mass is 16.6. The van der Waals surface area contributed by atoms with Gasteiger partial charge in [0.25, 0.3) is 0 Å². The van der Waals surface area contributed by atoms with Crippen LogP contribution in [0.15, 0.2) is 30.3 Å². The zero-order valence-corrected chi connectivity index (χ0v) is 20.3. The number of benzene rings is 1. The molecule has 0 spiro atoms. The molecule has 1 fully saturated rings. The maximum Gasteiger partial charge on any atom is 0.410 e. The highest BCUT2D eigenvalue weighted by molar-refractivity contribution is 5.72. The summed E-state index contributed by atoms with van der Waals surface area (Å²) in [5, 5.41) is 0. The summed E-state index contributed by atoms with van der Waals surface area (Å²) >= 11 is 0. The Morgan fingerprint density at radius 3 is 1.70 bits per heavy atom. The van der Waals surface area contributed by atoms with Gasteiger partial charge in [0.2, 0.25) is 0 Å². The second kappa shape index (κ2) is 11.5. The Bertz CT molecular complexity index is 757. The standard InChI is InChI=1S/C24H35NO8/c1-23(2,3)32-20(26)15-29-18-12-25(22(28)31-14-17-10-8-7-9-11-17)13-19(18)30-16-21(27)33-24(4,5)6/h7-11,18-19H,12-16H2,1-6H3. The van der Waals surface area contributed by atoms with E-state index in [0.717, 1.165) is 5.56 Å². The van der Waals surface area contributed by atoms with Crippen LogP contribution in [0, 0.1) is 0 Å². The van der Waals surface area contributed by atoms with Crippen LogP contribution < -0.4 is 0 Å². The van der Waals surface area contributed by atoms with Gasteiger partial charge in [-0.2, -0.15) is 0 Å². The van der Waals surface area contributed by atoms with E-state index in [4.69, 9.17) is 23.7 Å². The largest absolute Gasteiger partial charge is 0.458 e. The number of carbonyl (C=O) groups excluding carboxylic acids is 3. The Labute approximate surface area is 195 Å². The summed E-state index contributed by atoms with van der Waals surface area (Å²) in [5.74, 6) is -1.06. The third-order valence-electron chi connectivity index (χ3n) is 4.35. The molecule has 1 aromatic rings. The van der Waals surface area contributed by atoms with Gasteiger partial charge in [-0.05, 0) is 47.1 Å². The van der Waals surface area contributed by atoms with Crippen LogP contribution in [-0.4, -0.2) is 72.6 Å². The highest BCUT2D eigenvalue weighted by Gasteiger charge is 2.39. The molecule has 33 heavy (non-hydrogen) atoms. The quantitative estimate of drug-likeness (QED) is 0.427. The normalized spacial score (nSPS) is 18.7. The lowest BCUT2D eigenvalue weighted by atomic mass is 10.2. The van der Waals surface area contributed by atoms with E-state index < -0.39 is 41.4 Å². The molecule has 0 aliphatic carbocycles. The van der Waals surface area contributed by atoms with E-state index in [-0.39, 0.29) is 32.9 Å². The number of hydrogen-bond acceptors (Lipinski definition) is 8. The molecule has 0 radical (unpaired) electrons. The second-order valence-electron chi connectivity index (χ2n) is 9.82. The summed E-state index contributed by atoms with van der Waals surface area (Å²) in [5.41, 5.74) is -0.424. The van der Waals surface area contributed by atoms with Crippen molar-refractivity contribution in [2.75, 3.05) is 26.3 Å². The van der Waals surface area contributed by atoms with Gasteiger partial charge in [-0.25, -0.2) is 14.4 Å². The van der Waals surface area contributed by atoms with Crippen LogP contribution >= 0.6 is 0 Å². The molecule has 184 valence electrons. The predicted octanol–water partition coefficient (Wildman–Crippen LogP) is 3.09. The number of hydrogen-bond donors (Lipinski definition) is 0. The van der Waals surface area contributed by atoms with E-state index in [2.05, 4.69) is 0 Å². The summed E-state index contributed by atoms with van der Waals surface area (Å²) < 4.78 is 27.3. The van der Waals surface area contributed by atoms with Crippen molar-refractivity contribution in [1.29, 1.82) is 0 Å². The van der Waals surface area contributed by atoms with Crippen molar-refractivity contribution in [1.82, 2.24) is 4.90 Å². The van der Waals surface area contributed by atoms with Crippen LogP contribution in [0.4, 0.5) is 4.79 Å². The molecule has 1 saturated heterocycles. The molecule has 1 heterocycles. The number of ether oxygens (including phenoxy) is 5. The Morgan fingerprint density at radius 2 is 1.27 bits per heavy atom. The third kappa shape index (κ3) is 10.2. The number of rotatable bonds is 8. The van der Waals surface area contributed by atoms with Gasteiger partial charge in [0.15, 0.2) is 0 Å². The van der Waals surface area contributed by atoms with Crippen molar-refractivity contribution in [3.05, 3.63) is 35.9 Å². The van der Waals surface area contributed by atoms with Crippen LogP contribution in [0.2, 0.25) is 0 Å². The Balaban J connectivity index is 1.95. The SMILES string of the molecule is CC(C)(C)OC(=O)COC1CN(C(=O)OCc2ccccc2)CC1OCC(=O)OC(C)(C)C. The fourth-order valence-electron chi connectivity index (χ4n) is 3.12. The predicted molar refractivity (Wildman–Crippen MR) is 119 cm³/mol. The molecule has 0 aromatic heterocycles. The van der Waals surface area contributed by atoms with Gasteiger partial charge in [-0.15, -0.1) is 0 Å². The first-order chi connectivity index (χ1) is 15.3. The molecule has 2 rings (SSSR count). The van der Waals surface area contributed by atoms with Crippen molar-refractivity contribution in [2.45, 2.75) is 71.6 Å². The average Bonchev–Trinajstić information content (AvgIpc) is 3.10. The first-order valence-electron chi connectivity index (χ1n) is 10.9. The second-order valence-corrected chi connectivity index (χ2v) is 9.82. The third-order valence-corrected chi connectivity index (χ3v) is 4.35. The maximum atomic E-state index is 12.6. The summed E-state index contributed by atoms with van der Waals surface area (Å²) in [4.78, 5) is 38.1. The zero-order chi connectivity index (χ0) is 24.6. The monoisotopic (exact) mass is 465 g/mol. The Morgan fingerprint density at radius 1 is 0.818 bits per heavy atom. The first-order valence-corrected chi connectivity index (χ1v) is 10.9. The summed E-state index contributed by atoms with van der Waals surface area (Å²) in [7, 11) is 0. The van der Waals surface area contributed by atoms with Gasteiger partial charge < -0.3 is 28.6 Å². The molecule has 2 atom stereocenters. The lowest BCUT2D eigenvalue weighted by Crippen LogP contribution is -2.36. The number of carbonyl (C=O) groups is 3. The van der Waals surface area contributed by atoms with Crippen LogP contribution in [0.25, 0.3) is 0 Å². The van der Waals surface area contributed by atoms with Crippen molar-refractivity contribution in [3.63, 3.8) is 0 Å². The first kappa shape index (κ1) is 26.6. The molecule has 1 aliphatic rings. The molecule has 2 unspecified atom stereocenters. The lowest BCUT2D eigenvalue weighted by molar-refractivity contribution is -0.169. The van der Waals surface area contributed by atoms with Gasteiger partial charge in [-0.1, -0.05) is 30.3 Å². The fourth-order valence-corrected chi connectivity index (χ4v) is 3.12. The molecule has 0 saturated carbocycles. The molecule has 0 N–H and O–H groups in total. The van der Waals surface area contributed by atoms with Crippen LogP contribution in [0.3, 0.4) is 0 Å². The van der Waals surface area contributed by atoms with Gasteiger partial charge in [0.1, 0.15) is 43.2 Å². The van der Waals surface area contributed by atoms with E-state index >= 15 is 0 Å². The van der Waals surface area contributed by atoms with Crippen molar-refractivity contribution in [3.8, 4) is 0 Å². The van der Waals surface area contributed by atoms with Gasteiger partial charge >= 0.3 is 18.0 Å². The smallest absolute Gasteiger partial charge is 0.410 e. The molecule has 1 aromatic carbocycles. The number of nitrogens with zero attached hydrogens (tertiary/aromatic N) is 1. The molecule has 9 heteroatoms. The average molecular weight is 466 g/mol. The van der Waals surface area contributed by atoms with E-state index in [1.165, 1.54) is 4.90 Å². The molecular formula is C24H35NO8. The minimum Gasteiger partial charge on any atom is -0.458 e. The minimum absolute atomic E-state index is 0.128. The van der Waals surface area contributed by atoms with Crippen LogP contribution in [0.1, 0.15) is 47.1 Å². The molecule has 1 amide bonds. The lowest BCUT2D eigenvalue weighted by Gasteiger charge is -2.23. The molecule has 0 bridgehead atoms. The van der Waals surface area contributed by atoms with E-state index in [1.807, 2.05) is 30.3 Å². The molecule has 1 aliphatic heterocycles. The Hall–Kier alpha value is -2.65. The number of esters is 2. The van der Waals surface area contributed by atoms with Crippen LogP contribution in [0.5, 0.6) is 0 Å². The number of amides is 1. The summed E-state index contributed by atoms with van der Waals surface area (Å²) in [6.45, 7) is 10.4. The summed E-state index contributed by atoms with van der Waals surface area (Å²) in [6.07, 6.45) is -1.80. The van der Waals surface area contributed by atoms with E-state index in [9.17, 15) is 14.4 Å². The minimum atomic E-state index is -0.643. The Kier molecular flexibility index (Phi) is 9.25. The van der Waals surface area contributed by atoms with Crippen molar-refractivity contribution in [2.24, 2.45) is 0 Å². The van der Waals surface area contributed by atoms with Crippen molar-refractivity contribution >= 4 is 18.0 Å². The topological polar surface area (TPSA) is 101 Å². The highest BCUT2D eigenvalue weighted by Crippen LogP contribution is 2.20. The maximum absolute atomic E-state index is 12.6. The number of likely N-dealkylation sites (tertiary alicyclic amines) is 1.